The van der Waals surface area contributed by atoms with Crippen LogP contribution in [0.25, 0.3) is 0 Å². The number of fused-ring (bicyclic) bond motifs is 18. The number of aromatic hydroxyl groups is 2. The summed E-state index contributed by atoms with van der Waals surface area (Å²) in [6, 6.07) is 8.49. The Morgan fingerprint density at radius 2 is 0.922 bits per heavy atom. The van der Waals surface area contributed by atoms with Crippen molar-refractivity contribution in [1.82, 2.24) is 30.2 Å². The Kier molecular flexibility index (Phi) is 19.6. The van der Waals surface area contributed by atoms with Crippen molar-refractivity contribution in [3.8, 4) is 86.6 Å². The van der Waals surface area contributed by atoms with E-state index in [1.807, 2.05) is 58.8 Å². The second-order valence-electron chi connectivity index (χ2n) is 31.2. The Bertz CT molecular complexity index is 5230. The molecule has 20 rings (SSSR count). The summed E-state index contributed by atoms with van der Waals surface area (Å²) in [7, 11) is 9.94. The molecule has 14 atom stereocenters. The van der Waals surface area contributed by atoms with Gasteiger partial charge >= 0.3 is 35.8 Å². The number of phenolic OH excluding ortho intramolecular Hbond substituents is 2. The molecule has 0 aromatic heterocycles. The lowest BCUT2D eigenvalue weighted by Crippen LogP contribution is -2.70. The molecule has 2 unspecified atom stereocenters. The van der Waals surface area contributed by atoms with Crippen molar-refractivity contribution in [1.29, 1.82) is 5.26 Å². The summed E-state index contributed by atoms with van der Waals surface area (Å²) < 4.78 is 83.6. The number of aryl methyl sites for hydroxylation is 2. The molecule has 30 nitrogen and oxygen atoms in total. The maximum Gasteiger partial charge on any atom is 0.331 e. The molecule has 32 heteroatoms. The van der Waals surface area contributed by atoms with E-state index in [1.54, 1.807) is 24.3 Å². The van der Waals surface area contributed by atoms with Crippen molar-refractivity contribution < 1.29 is 110 Å². The molecule has 0 saturated carbocycles. The number of hydrogen-bond donors (Lipinski definition) is 5. The van der Waals surface area contributed by atoms with Crippen LogP contribution in [0.1, 0.15) is 151 Å². The van der Waals surface area contributed by atoms with Gasteiger partial charge in [-0.1, -0.05) is 12.1 Å². The third-order valence-electron chi connectivity index (χ3n) is 25.2. The summed E-state index contributed by atoms with van der Waals surface area (Å²) in [5.41, 5.74) is 8.52. The lowest BCUT2D eigenvalue weighted by Gasteiger charge is -2.62. The van der Waals surface area contributed by atoms with Crippen LogP contribution in [-0.2, 0) is 75.0 Å². The number of benzene rings is 6. The van der Waals surface area contributed by atoms with Crippen molar-refractivity contribution in [2.75, 3.05) is 93.9 Å². The highest BCUT2D eigenvalue weighted by Gasteiger charge is 2.65. The lowest BCUT2D eigenvalue weighted by atomic mass is 9.71. The molecule has 6 aromatic carbocycles. The van der Waals surface area contributed by atoms with Crippen LogP contribution in [0.2, 0.25) is 0 Å². The van der Waals surface area contributed by atoms with Gasteiger partial charge in [-0.05, 0) is 136 Å². The number of phenols is 2. The number of methoxy groups -OCH3 is 4. The molecule has 14 aliphatic rings. The normalized spacial score (nSPS) is 28.2. The number of rotatable bonds is 8. The fourth-order valence-electron chi connectivity index (χ4n) is 20.6. The van der Waals surface area contributed by atoms with E-state index in [-0.39, 0.29) is 78.8 Å². The van der Waals surface area contributed by atoms with Crippen LogP contribution in [0, 0.1) is 39.0 Å². The Morgan fingerprint density at radius 3 is 1.34 bits per heavy atom. The zero-order chi connectivity index (χ0) is 81.2. The number of piperazine rings is 2. The summed E-state index contributed by atoms with van der Waals surface area (Å²) in [4.78, 5) is 88.2. The zero-order valence-corrected chi connectivity index (χ0v) is 67.6. The van der Waals surface area contributed by atoms with Gasteiger partial charge in [-0.3, -0.25) is 49.4 Å². The summed E-state index contributed by atoms with van der Waals surface area (Å²) in [6.07, 6.45) is 0.928. The summed E-state index contributed by atoms with van der Waals surface area (Å²) in [5.74, 6) is 1.34. The van der Waals surface area contributed by atoms with Crippen molar-refractivity contribution in [2.45, 2.75) is 163 Å². The van der Waals surface area contributed by atoms with Gasteiger partial charge in [0.1, 0.15) is 37.0 Å². The van der Waals surface area contributed by atoms with Crippen molar-refractivity contribution in [2.24, 2.45) is 0 Å². The van der Waals surface area contributed by atoms with E-state index in [0.29, 0.717) is 140 Å². The molecule has 606 valence electrons. The molecule has 0 aliphatic carbocycles. The number of carbonyl (C=O) groups excluding carboxylic acids is 6. The highest BCUT2D eigenvalue weighted by Crippen LogP contribution is 2.68. The second kappa shape index (κ2) is 29.0. The minimum Gasteiger partial charge on any atom is -0.504 e. The second-order valence-corrected chi connectivity index (χ2v) is 33.4. The highest BCUT2D eigenvalue weighted by molar-refractivity contribution is 7.99. The molecule has 14 aliphatic heterocycles. The third kappa shape index (κ3) is 11.7. The molecular weight excluding hydrogens is 1530 g/mol. The fourth-order valence-corrected chi connectivity index (χ4v) is 24.0. The van der Waals surface area contributed by atoms with E-state index < -0.39 is 112 Å². The number of esters is 6. The van der Waals surface area contributed by atoms with E-state index in [9.17, 15) is 49.3 Å². The van der Waals surface area contributed by atoms with E-state index in [1.165, 1.54) is 79.7 Å². The zero-order valence-electron chi connectivity index (χ0n) is 65.9. The largest absolute Gasteiger partial charge is 0.504 e. The molecule has 8 bridgehead atoms. The van der Waals surface area contributed by atoms with E-state index in [0.717, 1.165) is 33.4 Å². The predicted octanol–water partition coefficient (Wildman–Crippen LogP) is 7.84. The number of nitriles is 1. The van der Waals surface area contributed by atoms with E-state index in [4.69, 9.17) is 66.3 Å². The molecule has 115 heavy (non-hydrogen) atoms. The highest BCUT2D eigenvalue weighted by atomic mass is 32.2. The molecule has 6 aromatic rings. The molecule has 4 fully saturated rings. The van der Waals surface area contributed by atoms with Gasteiger partial charge < -0.3 is 81.6 Å². The van der Waals surface area contributed by atoms with Gasteiger partial charge in [0, 0.05) is 115 Å². The first-order valence-electron chi connectivity index (χ1n) is 38.2. The van der Waals surface area contributed by atoms with Gasteiger partial charge in [-0.15, -0.1) is 23.5 Å². The molecule has 0 radical (unpaired) electrons. The van der Waals surface area contributed by atoms with Gasteiger partial charge in [0.25, 0.3) is 0 Å². The van der Waals surface area contributed by atoms with Crippen LogP contribution >= 0.6 is 23.5 Å². The van der Waals surface area contributed by atoms with E-state index in [2.05, 4.69) is 31.4 Å². The van der Waals surface area contributed by atoms with Crippen molar-refractivity contribution >= 4 is 59.3 Å². The molecule has 5 N–H and O–H groups in total. The van der Waals surface area contributed by atoms with Crippen LogP contribution in [-0.4, -0.2) is 201 Å². The first kappa shape index (κ1) is 77.6. The Morgan fingerprint density at radius 1 is 0.513 bits per heavy atom. The summed E-state index contributed by atoms with van der Waals surface area (Å²) >= 11 is 2.92. The fraction of sp³-hybridized carbons (Fsp3) is 0.482. The standard InChI is InChI=1S/C42H44N4O11S.C41H45N3O12S/c1-18-10-23-11-25-26(14-43)46-27-15-53-41(50)42(24-13-28(51-6)29(56-20(3)47)12-22(24)8-9-44-42)16-58-40(34(46)33(45(25)5)30(23)35(49)36(18)52-7)32-31(27)39-38(54-17-55-39)19(2)37(32)57-21(4)48;1-17-10-22-11-24-39(48)44-25-14-52-40(49)41(23-13-26(50-6)27(55-19(3)45)12-21(23)8-9-42-41)15-57-38(32(44)31(43(24)5)28(22)33(47)34(17)51-7)30-29(25)37-36(53-16-54-37)18(2)35(30)56-20(4)46/h10,12-13,25-27,33-34,40,44,49H,8-9,11,15-17H2,1-7H3;10,12-13,24-25,31-32,38-39,42,47-48H,8-9,11,14-16H2,1-7H3/t25-,26-,27-,33+,34?,40+,42+;24-,25-,31+,32?,38+,39-,41+/m00/s1. The van der Waals surface area contributed by atoms with Crippen LogP contribution < -0.4 is 67.5 Å². The molecule has 4 saturated heterocycles. The number of ether oxygens (including phenoxy) is 14. The van der Waals surface area contributed by atoms with Gasteiger partial charge in [0.15, 0.2) is 80.1 Å². The van der Waals surface area contributed by atoms with E-state index >= 15 is 0 Å². The Hall–Kier alpha value is -9.95. The Labute approximate surface area is 671 Å². The summed E-state index contributed by atoms with van der Waals surface area (Å²) in [5, 5.41) is 53.7. The van der Waals surface area contributed by atoms with Gasteiger partial charge in [0.05, 0.1) is 75.2 Å². The smallest absolute Gasteiger partial charge is 0.331 e. The number of nitrogens with one attached hydrogen (secondary N) is 2. The monoisotopic (exact) mass is 1620 g/mol. The number of likely N-dealkylation sites (N-methyl/N-ethyl adjacent to an activating group) is 2. The number of thioether (sulfide) groups is 2. The molecule has 0 amide bonds. The number of aliphatic hydroxyl groups is 1. The van der Waals surface area contributed by atoms with Crippen molar-refractivity contribution in [3.05, 3.63) is 125 Å². The minimum absolute atomic E-state index is 0.0286. The number of nitrogens with zero attached hydrogens (tertiary/aromatic N) is 5. The van der Waals surface area contributed by atoms with Gasteiger partial charge in [-0.2, -0.15) is 5.26 Å². The third-order valence-corrected chi connectivity index (χ3v) is 28.1. The van der Waals surface area contributed by atoms with Gasteiger partial charge in [-0.25, -0.2) is 9.59 Å². The first-order valence-corrected chi connectivity index (χ1v) is 40.3. The summed E-state index contributed by atoms with van der Waals surface area (Å²) in [6.45, 7) is 13.0. The van der Waals surface area contributed by atoms with Crippen LogP contribution in [0.15, 0.2) is 36.4 Å². The van der Waals surface area contributed by atoms with Crippen LogP contribution in [0.3, 0.4) is 0 Å². The van der Waals surface area contributed by atoms with Crippen LogP contribution in [0.4, 0.5) is 0 Å². The van der Waals surface area contributed by atoms with Crippen LogP contribution in [0.5, 0.6) is 80.5 Å². The van der Waals surface area contributed by atoms with Gasteiger partial charge in [0.2, 0.25) is 13.6 Å². The SMILES string of the molecule is COc1cc2c(cc1OC(C)=O)CCN[C@]21CS[C@@H]2c3c(OC(C)=O)c(C)c4c(c3[C@H](COC1=O)N1C2[C@H]2c3c(cc(C)c(OC)c3O)C[C@@H]([C@@H]1C#N)N2C)OCO4.COc1cc2c(cc1OC(C)=O)CCN[C@]21CS[C@@H]2c3c(OC(C)=O)c(C)c4c(c3[C@H](COC1=O)N1C2[C@H]2c3c(cc(C)c(OC)c3O)C[C@@H]([C@@H]1O)N2C)OCO4. The van der Waals surface area contributed by atoms with Crippen molar-refractivity contribution in [3.63, 3.8) is 0 Å². The molecular formula is C83H89N7O23S2. The quantitative estimate of drug-likeness (QED) is 0.0715. The Balaban J connectivity index is 0.000000166. The first-order chi connectivity index (χ1) is 55.1. The average Bonchev–Trinajstić information content (AvgIpc) is 1.55. The number of aliphatic hydroxyl groups excluding tert-OH is 1. The number of hydrogen-bond acceptors (Lipinski definition) is 32. The molecule has 14 heterocycles. The maximum absolute atomic E-state index is 14.9. The topological polar surface area (TPSA) is 353 Å². The maximum atomic E-state index is 14.9. The minimum atomic E-state index is -1.40. The number of carbonyl (C=O) groups is 6. The lowest BCUT2D eigenvalue weighted by molar-refractivity contribution is -0.186. The average molecular weight is 1620 g/mol. The predicted molar refractivity (Wildman–Crippen MR) is 412 cm³/mol. The molecule has 2 spiro atoms.